The van der Waals surface area contributed by atoms with Gasteiger partial charge in [-0.3, -0.25) is 9.36 Å². The molecule has 0 unspecified atom stereocenters. The number of fused-ring (bicyclic) bond motifs is 1. The zero-order valence-electron chi connectivity index (χ0n) is 15.8. The minimum Gasteiger partial charge on any atom is -0.390 e. The molecule has 1 aliphatic rings. The van der Waals surface area contributed by atoms with E-state index in [0.717, 1.165) is 36.6 Å². The van der Waals surface area contributed by atoms with Gasteiger partial charge >= 0.3 is 0 Å². The molecule has 0 saturated heterocycles. The highest BCUT2D eigenvalue weighted by atomic mass is 16.5. The van der Waals surface area contributed by atoms with Gasteiger partial charge in [-0.25, -0.2) is 9.97 Å². The van der Waals surface area contributed by atoms with Crippen molar-refractivity contribution < 1.29 is 14.6 Å². The number of amides is 1. The Bertz CT molecular complexity index is 977. The van der Waals surface area contributed by atoms with Crippen LogP contribution in [0, 0.1) is 0 Å². The molecular weight excluding hydrogens is 356 g/mol. The van der Waals surface area contributed by atoms with Crippen LogP contribution in [0.1, 0.15) is 41.7 Å². The molecule has 0 aliphatic heterocycles. The van der Waals surface area contributed by atoms with Crippen molar-refractivity contribution in [3.8, 4) is 5.82 Å². The van der Waals surface area contributed by atoms with Crippen molar-refractivity contribution in [2.24, 2.45) is 0 Å². The van der Waals surface area contributed by atoms with E-state index in [1.54, 1.807) is 30.3 Å². The number of pyridine rings is 1. The molecular formula is C21H24N4O3. The van der Waals surface area contributed by atoms with Crippen LogP contribution in [0.4, 0.5) is 0 Å². The molecule has 0 atom stereocenters. The lowest BCUT2D eigenvalue weighted by Gasteiger charge is -2.28. The summed E-state index contributed by atoms with van der Waals surface area (Å²) >= 11 is 0. The van der Waals surface area contributed by atoms with Crippen LogP contribution in [0.2, 0.25) is 0 Å². The van der Waals surface area contributed by atoms with Crippen LogP contribution < -0.4 is 5.32 Å². The van der Waals surface area contributed by atoms with Crippen LogP contribution in [0.5, 0.6) is 0 Å². The van der Waals surface area contributed by atoms with Crippen molar-refractivity contribution in [1.82, 2.24) is 19.9 Å². The van der Waals surface area contributed by atoms with Crippen molar-refractivity contribution in [3.05, 3.63) is 54.1 Å². The van der Waals surface area contributed by atoms with E-state index in [1.807, 2.05) is 24.3 Å². The number of hydrogen-bond donors (Lipinski definition) is 2. The second-order valence-corrected chi connectivity index (χ2v) is 7.16. The standard InChI is InChI=1S/C21H24N4O3/c1-28-16-8-6-14(7-9-16)23-21(27)18-10-20(25-11-15(12-26)22-13-25)24-19-5-3-2-4-17(18)19/h2-5,10-11,13-14,16,26H,6-9,12H2,1H3,(H,23,27). The van der Waals surface area contributed by atoms with E-state index >= 15 is 0 Å². The van der Waals surface area contributed by atoms with Gasteiger partial charge in [-0.1, -0.05) is 18.2 Å². The summed E-state index contributed by atoms with van der Waals surface area (Å²) in [6.07, 6.45) is 7.36. The number of aliphatic hydroxyl groups is 1. The molecule has 1 amide bonds. The number of rotatable bonds is 5. The number of para-hydroxylation sites is 1. The number of imidazole rings is 1. The molecule has 1 aliphatic carbocycles. The molecule has 2 heterocycles. The topological polar surface area (TPSA) is 89.3 Å². The van der Waals surface area contributed by atoms with Gasteiger partial charge in [0.25, 0.3) is 5.91 Å². The molecule has 1 fully saturated rings. The maximum atomic E-state index is 13.1. The SMILES string of the molecule is COC1CCC(NC(=O)c2cc(-n3cnc(CO)c3)nc3ccccc23)CC1. The molecule has 2 aromatic heterocycles. The number of aromatic nitrogens is 3. The minimum absolute atomic E-state index is 0.0942. The lowest BCUT2D eigenvalue weighted by Crippen LogP contribution is -2.39. The van der Waals surface area contributed by atoms with E-state index in [1.165, 1.54) is 0 Å². The fourth-order valence-corrected chi connectivity index (χ4v) is 3.76. The van der Waals surface area contributed by atoms with Crippen molar-refractivity contribution in [2.75, 3.05) is 7.11 Å². The molecule has 146 valence electrons. The van der Waals surface area contributed by atoms with Crippen molar-refractivity contribution in [2.45, 2.75) is 44.4 Å². The van der Waals surface area contributed by atoms with Gasteiger partial charge in [-0.15, -0.1) is 0 Å². The van der Waals surface area contributed by atoms with Gasteiger partial charge in [-0.05, 0) is 37.8 Å². The predicted octanol–water partition coefficient (Wildman–Crippen LogP) is 2.60. The van der Waals surface area contributed by atoms with Crippen LogP contribution in [0.3, 0.4) is 0 Å². The number of nitrogens with one attached hydrogen (secondary N) is 1. The second-order valence-electron chi connectivity index (χ2n) is 7.16. The minimum atomic E-state index is -0.141. The fourth-order valence-electron chi connectivity index (χ4n) is 3.76. The number of methoxy groups -OCH3 is 1. The van der Waals surface area contributed by atoms with Crippen LogP contribution >= 0.6 is 0 Å². The highest BCUT2D eigenvalue weighted by molar-refractivity contribution is 6.06. The van der Waals surface area contributed by atoms with Gasteiger partial charge in [0.05, 0.1) is 29.5 Å². The number of carbonyl (C=O) groups is 1. The Kier molecular flexibility index (Phi) is 5.36. The maximum absolute atomic E-state index is 13.1. The summed E-state index contributed by atoms with van der Waals surface area (Å²) in [4.78, 5) is 21.9. The molecule has 1 aromatic carbocycles. The first kappa shape index (κ1) is 18.6. The zero-order chi connectivity index (χ0) is 19.5. The summed E-state index contributed by atoms with van der Waals surface area (Å²) in [7, 11) is 1.74. The monoisotopic (exact) mass is 380 g/mol. The van der Waals surface area contributed by atoms with Gasteiger partial charge in [0.2, 0.25) is 0 Å². The number of aliphatic hydroxyl groups excluding tert-OH is 1. The van der Waals surface area contributed by atoms with Gasteiger partial charge < -0.3 is 15.2 Å². The largest absolute Gasteiger partial charge is 0.390 e. The molecule has 2 N–H and O–H groups in total. The third kappa shape index (κ3) is 3.76. The number of hydrogen-bond acceptors (Lipinski definition) is 5. The van der Waals surface area contributed by atoms with Crippen LogP contribution in [0.15, 0.2) is 42.9 Å². The molecule has 7 nitrogen and oxygen atoms in total. The summed E-state index contributed by atoms with van der Waals surface area (Å²) in [5, 5.41) is 13.3. The van der Waals surface area contributed by atoms with E-state index in [0.29, 0.717) is 23.2 Å². The molecule has 3 aromatic rings. The average molecular weight is 380 g/mol. The highest BCUT2D eigenvalue weighted by Gasteiger charge is 2.23. The number of benzene rings is 1. The van der Waals surface area contributed by atoms with E-state index in [4.69, 9.17) is 4.74 Å². The number of carbonyl (C=O) groups excluding carboxylic acids is 1. The smallest absolute Gasteiger partial charge is 0.252 e. The Morgan fingerprint density at radius 1 is 1.29 bits per heavy atom. The van der Waals surface area contributed by atoms with E-state index in [2.05, 4.69) is 15.3 Å². The number of ether oxygens (including phenoxy) is 1. The maximum Gasteiger partial charge on any atom is 0.252 e. The third-order valence-electron chi connectivity index (χ3n) is 5.35. The second kappa shape index (κ2) is 8.08. The first-order valence-corrected chi connectivity index (χ1v) is 9.55. The molecule has 28 heavy (non-hydrogen) atoms. The first-order valence-electron chi connectivity index (χ1n) is 9.55. The molecule has 1 saturated carbocycles. The van der Waals surface area contributed by atoms with Crippen LogP contribution in [-0.2, 0) is 11.3 Å². The quantitative estimate of drug-likeness (QED) is 0.710. The zero-order valence-corrected chi connectivity index (χ0v) is 15.8. The lowest BCUT2D eigenvalue weighted by atomic mass is 9.92. The van der Waals surface area contributed by atoms with Gasteiger partial charge in [0, 0.05) is 24.7 Å². The molecule has 0 radical (unpaired) electrons. The van der Waals surface area contributed by atoms with Crippen LogP contribution in [-0.4, -0.2) is 44.8 Å². The predicted molar refractivity (Wildman–Crippen MR) is 105 cm³/mol. The summed E-state index contributed by atoms with van der Waals surface area (Å²) in [6, 6.07) is 9.55. The lowest BCUT2D eigenvalue weighted by molar-refractivity contribution is 0.0599. The summed E-state index contributed by atoms with van der Waals surface area (Å²) in [6.45, 7) is -0.141. The molecule has 4 rings (SSSR count). The molecule has 0 spiro atoms. The van der Waals surface area contributed by atoms with Gasteiger partial charge in [0.1, 0.15) is 12.1 Å². The Hall–Kier alpha value is -2.77. The van der Waals surface area contributed by atoms with Gasteiger partial charge in [0.15, 0.2) is 0 Å². The van der Waals surface area contributed by atoms with Gasteiger partial charge in [-0.2, -0.15) is 0 Å². The van der Waals surface area contributed by atoms with E-state index in [-0.39, 0.29) is 18.6 Å². The Balaban J connectivity index is 1.64. The Morgan fingerprint density at radius 3 is 2.79 bits per heavy atom. The Morgan fingerprint density at radius 2 is 2.07 bits per heavy atom. The van der Waals surface area contributed by atoms with Crippen molar-refractivity contribution in [1.29, 1.82) is 0 Å². The van der Waals surface area contributed by atoms with E-state index in [9.17, 15) is 9.90 Å². The molecule has 0 bridgehead atoms. The van der Waals surface area contributed by atoms with E-state index < -0.39 is 0 Å². The van der Waals surface area contributed by atoms with Crippen molar-refractivity contribution >= 4 is 16.8 Å². The number of nitrogens with zero attached hydrogens (tertiary/aromatic N) is 3. The summed E-state index contributed by atoms with van der Waals surface area (Å²) in [5.74, 6) is 0.502. The average Bonchev–Trinajstić information content (AvgIpc) is 3.23. The summed E-state index contributed by atoms with van der Waals surface area (Å²) < 4.78 is 7.14. The fraction of sp³-hybridized carbons (Fsp3) is 0.381. The highest BCUT2D eigenvalue weighted by Crippen LogP contribution is 2.24. The third-order valence-corrected chi connectivity index (χ3v) is 5.35. The normalized spacial score (nSPS) is 19.6. The van der Waals surface area contributed by atoms with Crippen molar-refractivity contribution in [3.63, 3.8) is 0 Å². The Labute approximate surface area is 163 Å². The molecule has 7 heteroatoms. The summed E-state index contributed by atoms with van der Waals surface area (Å²) in [5.41, 5.74) is 1.89. The first-order chi connectivity index (χ1) is 13.7. The van der Waals surface area contributed by atoms with Crippen LogP contribution in [0.25, 0.3) is 16.7 Å².